The van der Waals surface area contributed by atoms with Crippen LogP contribution >= 0.6 is 0 Å². The van der Waals surface area contributed by atoms with Crippen molar-refractivity contribution in [3.63, 3.8) is 0 Å². The highest BCUT2D eigenvalue weighted by atomic mass is 16.5. The molecular formula is C19H27N3O5. The van der Waals surface area contributed by atoms with Gasteiger partial charge in [-0.05, 0) is 26.0 Å². The van der Waals surface area contributed by atoms with Crippen molar-refractivity contribution in [1.29, 1.82) is 0 Å². The van der Waals surface area contributed by atoms with Crippen molar-refractivity contribution in [3.8, 4) is 11.5 Å². The minimum Gasteiger partial charge on any atom is -0.497 e. The van der Waals surface area contributed by atoms with Crippen LogP contribution in [-0.2, 0) is 14.4 Å². The lowest BCUT2D eigenvalue weighted by atomic mass is 10.1. The molecule has 3 amide bonds. The number of carbonyl (C=O) groups excluding carboxylic acids is 3. The fourth-order valence-corrected chi connectivity index (χ4v) is 3.14. The first kappa shape index (κ1) is 20.5. The molecule has 0 bridgehead atoms. The van der Waals surface area contributed by atoms with E-state index in [1.807, 2.05) is 13.8 Å². The van der Waals surface area contributed by atoms with Crippen LogP contribution in [-0.4, -0.2) is 63.0 Å². The number of hydrogen-bond acceptors (Lipinski definition) is 5. The van der Waals surface area contributed by atoms with Crippen LogP contribution in [0.2, 0.25) is 0 Å². The summed E-state index contributed by atoms with van der Waals surface area (Å²) in [6.45, 7) is 4.80. The number of methoxy groups -OCH3 is 2. The third kappa shape index (κ3) is 4.69. The maximum Gasteiger partial charge on any atom is 0.239 e. The van der Waals surface area contributed by atoms with E-state index in [-0.39, 0.29) is 37.2 Å². The lowest BCUT2D eigenvalue weighted by Crippen LogP contribution is -2.43. The molecule has 1 atom stereocenters. The Labute approximate surface area is 159 Å². The minimum atomic E-state index is -0.497. The Balaban J connectivity index is 2.17. The normalized spacial score (nSPS) is 16.2. The van der Waals surface area contributed by atoms with E-state index in [0.29, 0.717) is 30.3 Å². The van der Waals surface area contributed by atoms with Crippen LogP contribution in [0.15, 0.2) is 18.2 Å². The molecule has 0 aliphatic carbocycles. The summed E-state index contributed by atoms with van der Waals surface area (Å²) in [5, 5.41) is 2.69. The molecule has 1 aliphatic rings. The Bertz CT molecular complexity index is 707. The molecule has 1 fully saturated rings. The van der Waals surface area contributed by atoms with Gasteiger partial charge in [0, 0.05) is 32.1 Å². The lowest BCUT2D eigenvalue weighted by molar-refractivity contribution is -0.139. The molecule has 0 saturated carbocycles. The highest BCUT2D eigenvalue weighted by Crippen LogP contribution is 2.36. The highest BCUT2D eigenvalue weighted by Gasteiger charge is 2.38. The maximum atomic E-state index is 12.8. The van der Waals surface area contributed by atoms with Gasteiger partial charge < -0.3 is 24.6 Å². The van der Waals surface area contributed by atoms with Gasteiger partial charge in [-0.2, -0.15) is 0 Å². The SMILES string of the molecule is CCNC(=O)CN(CC)C(=O)C1CC(=O)N(c2cc(OC)ccc2OC)C1. The van der Waals surface area contributed by atoms with Crippen molar-refractivity contribution in [3.05, 3.63) is 18.2 Å². The molecule has 1 saturated heterocycles. The second-order valence-corrected chi connectivity index (χ2v) is 6.25. The van der Waals surface area contributed by atoms with E-state index >= 15 is 0 Å². The summed E-state index contributed by atoms with van der Waals surface area (Å²) in [5.41, 5.74) is 0.573. The first-order valence-corrected chi connectivity index (χ1v) is 9.02. The summed E-state index contributed by atoms with van der Waals surface area (Å²) in [4.78, 5) is 40.2. The van der Waals surface area contributed by atoms with Gasteiger partial charge in [-0.15, -0.1) is 0 Å². The van der Waals surface area contributed by atoms with Crippen LogP contribution in [0.3, 0.4) is 0 Å². The topological polar surface area (TPSA) is 88.2 Å². The first-order valence-electron chi connectivity index (χ1n) is 9.02. The number of nitrogens with one attached hydrogen (secondary N) is 1. The van der Waals surface area contributed by atoms with Gasteiger partial charge in [0.1, 0.15) is 11.5 Å². The number of ether oxygens (including phenoxy) is 2. The zero-order valence-electron chi connectivity index (χ0n) is 16.3. The Kier molecular flexibility index (Phi) is 7.04. The number of nitrogens with zero attached hydrogens (tertiary/aromatic N) is 2. The van der Waals surface area contributed by atoms with E-state index in [9.17, 15) is 14.4 Å². The first-order chi connectivity index (χ1) is 12.9. The van der Waals surface area contributed by atoms with E-state index in [2.05, 4.69) is 5.32 Å². The number of anilines is 1. The van der Waals surface area contributed by atoms with E-state index in [1.54, 1.807) is 30.2 Å². The predicted molar refractivity (Wildman–Crippen MR) is 101 cm³/mol. The molecular weight excluding hydrogens is 350 g/mol. The third-order valence-electron chi connectivity index (χ3n) is 4.55. The quantitative estimate of drug-likeness (QED) is 0.731. The van der Waals surface area contributed by atoms with Crippen molar-refractivity contribution < 1.29 is 23.9 Å². The molecule has 0 spiro atoms. The molecule has 0 aromatic heterocycles. The molecule has 0 radical (unpaired) electrons. The van der Waals surface area contributed by atoms with Crippen LogP contribution in [0, 0.1) is 5.92 Å². The van der Waals surface area contributed by atoms with Crippen LogP contribution in [0.1, 0.15) is 20.3 Å². The van der Waals surface area contributed by atoms with Gasteiger partial charge >= 0.3 is 0 Å². The monoisotopic (exact) mass is 377 g/mol. The fraction of sp³-hybridized carbons (Fsp3) is 0.526. The second-order valence-electron chi connectivity index (χ2n) is 6.25. The van der Waals surface area contributed by atoms with Crippen LogP contribution in [0.4, 0.5) is 5.69 Å². The number of benzene rings is 1. The number of rotatable bonds is 8. The lowest BCUT2D eigenvalue weighted by Gasteiger charge is -2.24. The average molecular weight is 377 g/mol. The van der Waals surface area contributed by atoms with Gasteiger partial charge in [-0.3, -0.25) is 14.4 Å². The van der Waals surface area contributed by atoms with Gasteiger partial charge in [0.2, 0.25) is 17.7 Å². The highest BCUT2D eigenvalue weighted by molar-refractivity contribution is 6.01. The standard InChI is InChI=1S/C19H27N3O5/c1-5-20-17(23)12-21(6-2)19(25)13-9-18(24)22(11-13)15-10-14(26-3)7-8-16(15)27-4/h7-8,10,13H,5-6,9,11-12H2,1-4H3,(H,20,23). The van der Waals surface area contributed by atoms with Crippen LogP contribution < -0.4 is 19.7 Å². The van der Waals surface area contributed by atoms with E-state index < -0.39 is 5.92 Å². The second kappa shape index (κ2) is 9.25. The maximum absolute atomic E-state index is 12.8. The molecule has 1 N–H and O–H groups in total. The smallest absolute Gasteiger partial charge is 0.239 e. The Hall–Kier alpha value is -2.77. The van der Waals surface area contributed by atoms with Crippen LogP contribution in [0.25, 0.3) is 0 Å². The zero-order valence-corrected chi connectivity index (χ0v) is 16.3. The molecule has 8 nitrogen and oxygen atoms in total. The summed E-state index contributed by atoms with van der Waals surface area (Å²) in [6, 6.07) is 5.19. The van der Waals surface area contributed by atoms with Crippen molar-refractivity contribution in [2.45, 2.75) is 20.3 Å². The molecule has 1 aromatic rings. The van der Waals surface area contributed by atoms with Crippen molar-refractivity contribution in [2.24, 2.45) is 5.92 Å². The van der Waals surface area contributed by atoms with Gasteiger partial charge in [0.05, 0.1) is 32.4 Å². The predicted octanol–water partition coefficient (Wildman–Crippen LogP) is 1.04. The van der Waals surface area contributed by atoms with E-state index in [1.165, 1.54) is 12.0 Å². The summed E-state index contributed by atoms with van der Waals surface area (Å²) in [7, 11) is 3.07. The summed E-state index contributed by atoms with van der Waals surface area (Å²) < 4.78 is 10.6. The van der Waals surface area contributed by atoms with Crippen molar-refractivity contribution >= 4 is 23.4 Å². The number of hydrogen-bond donors (Lipinski definition) is 1. The Morgan fingerprint density at radius 3 is 2.59 bits per heavy atom. The molecule has 8 heteroatoms. The molecule has 1 aliphatic heterocycles. The molecule has 1 aromatic carbocycles. The van der Waals surface area contributed by atoms with Crippen molar-refractivity contribution in [2.75, 3.05) is 45.3 Å². The summed E-state index contributed by atoms with van der Waals surface area (Å²) in [5.74, 6) is 0.0771. The Morgan fingerprint density at radius 1 is 1.26 bits per heavy atom. The van der Waals surface area contributed by atoms with Gasteiger partial charge in [0.25, 0.3) is 0 Å². The zero-order chi connectivity index (χ0) is 20.0. The van der Waals surface area contributed by atoms with Gasteiger partial charge in [-0.1, -0.05) is 0 Å². The number of carbonyl (C=O) groups is 3. The summed E-state index contributed by atoms with van der Waals surface area (Å²) >= 11 is 0. The van der Waals surface area contributed by atoms with E-state index in [0.717, 1.165) is 0 Å². The molecule has 27 heavy (non-hydrogen) atoms. The number of amides is 3. The molecule has 2 rings (SSSR count). The molecule has 1 heterocycles. The van der Waals surface area contributed by atoms with Crippen molar-refractivity contribution in [1.82, 2.24) is 10.2 Å². The van der Waals surface area contributed by atoms with Crippen LogP contribution in [0.5, 0.6) is 11.5 Å². The average Bonchev–Trinajstić information content (AvgIpc) is 3.06. The third-order valence-corrected chi connectivity index (χ3v) is 4.55. The van der Waals surface area contributed by atoms with Gasteiger partial charge in [0.15, 0.2) is 0 Å². The van der Waals surface area contributed by atoms with E-state index in [4.69, 9.17) is 9.47 Å². The molecule has 148 valence electrons. The minimum absolute atomic E-state index is 0.00363. The fourth-order valence-electron chi connectivity index (χ4n) is 3.14. The number of likely N-dealkylation sites (N-methyl/N-ethyl adjacent to an activating group) is 2. The Morgan fingerprint density at radius 2 is 2.00 bits per heavy atom. The largest absolute Gasteiger partial charge is 0.497 e. The molecule has 1 unspecified atom stereocenters. The summed E-state index contributed by atoms with van der Waals surface area (Å²) in [6.07, 6.45) is 0.102. The van der Waals surface area contributed by atoms with Gasteiger partial charge in [-0.25, -0.2) is 0 Å².